The number of rotatable bonds is 20. The molecule has 3 saturated carbocycles. The van der Waals surface area contributed by atoms with Gasteiger partial charge in [0.2, 0.25) is 0 Å². The summed E-state index contributed by atoms with van der Waals surface area (Å²) >= 11 is 2.62. The van der Waals surface area contributed by atoms with Crippen LogP contribution in [0.2, 0.25) is 0 Å². The largest absolute Gasteiger partial charge is 0.393 e. The summed E-state index contributed by atoms with van der Waals surface area (Å²) in [6.07, 6.45) is 21.4. The number of Topliss-reactive ketones (excluding diaryl/α,β-unsaturated/α-hetero) is 1. The van der Waals surface area contributed by atoms with Crippen LogP contribution in [0.5, 0.6) is 0 Å². The van der Waals surface area contributed by atoms with Crippen molar-refractivity contribution in [2.45, 2.75) is 198 Å². The Morgan fingerprint density at radius 3 is 2.16 bits per heavy atom. The fraction of sp³-hybridized carbons (Fsp3) is 0.886. The minimum absolute atomic E-state index is 0.000924. The van der Waals surface area contributed by atoms with E-state index >= 15 is 0 Å². The lowest BCUT2D eigenvalue weighted by Gasteiger charge is -2.38. The van der Waals surface area contributed by atoms with Gasteiger partial charge in [-0.15, -0.1) is 0 Å². The molecule has 50 heavy (non-hydrogen) atoms. The van der Waals surface area contributed by atoms with Gasteiger partial charge in [0.05, 0.1) is 6.10 Å². The number of hydrogen-bond acceptors (Lipinski definition) is 2. The molecule has 288 valence electrons. The molecule has 3 fully saturated rings. The highest BCUT2D eigenvalue weighted by Gasteiger charge is 2.50. The van der Waals surface area contributed by atoms with Crippen molar-refractivity contribution in [3.05, 3.63) is 23.8 Å². The Kier molecular flexibility index (Phi) is 16.3. The summed E-state index contributed by atoms with van der Waals surface area (Å²) in [6, 6.07) is 0. The van der Waals surface area contributed by atoms with E-state index in [0.717, 1.165) is 111 Å². The standard InChI is InChI=1S/C44H72F3IO2/c1-6-8-36(9-7-2)31(3)40(49)19-21-42(4,5)22-20-41(50)37-12-10-32(11-13-37)26-34-27-33(18-23-44(45,46)47)28-35(29-34)30-43(24-25-43)38-14-16-39(48)17-15-38/h27,32,34-39,41,50H,3,6-26,28-30H2,1-2,4-5H3. The molecule has 0 amide bonds. The van der Waals surface area contributed by atoms with Crippen molar-refractivity contribution in [1.29, 1.82) is 0 Å². The van der Waals surface area contributed by atoms with Gasteiger partial charge < -0.3 is 5.11 Å². The smallest absolute Gasteiger partial charge is 0.389 e. The summed E-state index contributed by atoms with van der Waals surface area (Å²) in [5.74, 6) is 3.25. The molecule has 0 aromatic carbocycles. The molecule has 0 spiro atoms. The van der Waals surface area contributed by atoms with Crippen molar-refractivity contribution in [3.63, 3.8) is 0 Å². The SMILES string of the molecule is C=C(C(=O)CCC(C)(C)CCC(O)C1CCC(CC2C=C(CCC(F)(F)F)CC(CC3(C4CCC(I)CC4)CC3)C2)CC1)C(CCC)CCC. The number of ketones is 1. The van der Waals surface area contributed by atoms with Crippen molar-refractivity contribution in [2.75, 3.05) is 0 Å². The monoisotopic (exact) mass is 816 g/mol. The van der Waals surface area contributed by atoms with Crippen molar-refractivity contribution in [3.8, 4) is 0 Å². The molecule has 0 radical (unpaired) electrons. The van der Waals surface area contributed by atoms with Crippen LogP contribution in [0.1, 0.15) is 182 Å². The molecule has 3 atom stereocenters. The topological polar surface area (TPSA) is 37.3 Å². The third-order valence-electron chi connectivity index (χ3n) is 13.8. The molecule has 0 aromatic rings. The van der Waals surface area contributed by atoms with E-state index in [0.29, 0.717) is 41.4 Å². The second-order valence-electron chi connectivity index (χ2n) is 18.5. The van der Waals surface area contributed by atoms with Crippen LogP contribution in [0.15, 0.2) is 23.8 Å². The van der Waals surface area contributed by atoms with Crippen LogP contribution < -0.4 is 0 Å². The van der Waals surface area contributed by atoms with Gasteiger partial charge in [0.25, 0.3) is 0 Å². The molecule has 4 rings (SSSR count). The Balaban J connectivity index is 1.23. The van der Waals surface area contributed by atoms with Crippen LogP contribution in [0.4, 0.5) is 13.2 Å². The van der Waals surface area contributed by atoms with Gasteiger partial charge in [-0.25, -0.2) is 0 Å². The molecular formula is C44H72F3IO2. The maximum absolute atomic E-state index is 13.3. The Hall–Kier alpha value is -0.370. The molecule has 0 aromatic heterocycles. The fourth-order valence-electron chi connectivity index (χ4n) is 10.5. The fourth-order valence-corrected chi connectivity index (χ4v) is 11.2. The zero-order valence-electron chi connectivity index (χ0n) is 32.2. The summed E-state index contributed by atoms with van der Waals surface area (Å²) in [4.78, 5) is 13.0. The highest BCUT2D eigenvalue weighted by atomic mass is 127. The first kappa shape index (κ1) is 42.4. The first-order chi connectivity index (χ1) is 23.6. The normalized spacial score (nSPS) is 29.4. The molecule has 0 saturated heterocycles. The molecule has 4 aliphatic rings. The molecular weight excluding hydrogens is 744 g/mol. The predicted molar refractivity (Wildman–Crippen MR) is 211 cm³/mol. The lowest BCUT2D eigenvalue weighted by atomic mass is 9.68. The van der Waals surface area contributed by atoms with Gasteiger partial charge in [0, 0.05) is 16.8 Å². The molecule has 3 unspecified atom stereocenters. The van der Waals surface area contributed by atoms with Crippen LogP contribution >= 0.6 is 22.6 Å². The van der Waals surface area contributed by atoms with Crippen molar-refractivity contribution in [2.24, 2.45) is 46.3 Å². The number of halogens is 4. The van der Waals surface area contributed by atoms with Crippen LogP contribution in [-0.4, -0.2) is 27.1 Å². The minimum atomic E-state index is -4.09. The highest BCUT2D eigenvalue weighted by Crippen LogP contribution is 2.61. The number of allylic oxidation sites excluding steroid dienone is 3. The van der Waals surface area contributed by atoms with Crippen LogP contribution in [-0.2, 0) is 4.79 Å². The van der Waals surface area contributed by atoms with Crippen molar-refractivity contribution in [1.82, 2.24) is 0 Å². The van der Waals surface area contributed by atoms with Crippen molar-refractivity contribution >= 4 is 28.4 Å². The third kappa shape index (κ3) is 13.5. The second-order valence-corrected chi connectivity index (χ2v) is 20.3. The number of carbonyl (C=O) groups excluding carboxylic acids is 1. The molecule has 0 aliphatic heterocycles. The number of hydrogen-bond donors (Lipinski definition) is 1. The maximum atomic E-state index is 13.3. The van der Waals surface area contributed by atoms with Crippen LogP contribution in [0, 0.1) is 46.3 Å². The van der Waals surface area contributed by atoms with Crippen molar-refractivity contribution < 1.29 is 23.1 Å². The Labute approximate surface area is 318 Å². The number of alkyl halides is 4. The van der Waals surface area contributed by atoms with E-state index in [9.17, 15) is 23.1 Å². The van der Waals surface area contributed by atoms with Crippen LogP contribution in [0.3, 0.4) is 0 Å². The first-order valence-electron chi connectivity index (χ1n) is 20.9. The average Bonchev–Trinajstić information content (AvgIpc) is 3.85. The zero-order chi connectivity index (χ0) is 36.5. The maximum Gasteiger partial charge on any atom is 0.389 e. The van der Waals surface area contributed by atoms with E-state index in [-0.39, 0.29) is 23.7 Å². The van der Waals surface area contributed by atoms with E-state index in [1.54, 1.807) is 0 Å². The van der Waals surface area contributed by atoms with Gasteiger partial charge in [-0.3, -0.25) is 4.79 Å². The van der Waals surface area contributed by atoms with Gasteiger partial charge in [-0.05, 0) is 167 Å². The molecule has 4 aliphatic carbocycles. The van der Waals surface area contributed by atoms with E-state index in [1.807, 2.05) is 0 Å². The van der Waals surface area contributed by atoms with E-state index in [1.165, 1.54) is 44.9 Å². The first-order valence-corrected chi connectivity index (χ1v) is 22.2. The lowest BCUT2D eigenvalue weighted by Crippen LogP contribution is -2.29. The van der Waals surface area contributed by atoms with E-state index in [2.05, 4.69) is 62.9 Å². The molecule has 0 bridgehead atoms. The van der Waals surface area contributed by atoms with E-state index in [4.69, 9.17) is 0 Å². The molecule has 1 N–H and O–H groups in total. The molecule has 6 heteroatoms. The zero-order valence-corrected chi connectivity index (χ0v) is 34.4. The summed E-state index contributed by atoms with van der Waals surface area (Å²) in [7, 11) is 0. The number of carbonyl (C=O) groups is 1. The summed E-state index contributed by atoms with van der Waals surface area (Å²) < 4.78 is 40.6. The number of aliphatic hydroxyl groups is 1. The lowest BCUT2D eigenvalue weighted by molar-refractivity contribution is -0.134. The Morgan fingerprint density at radius 1 is 0.940 bits per heavy atom. The predicted octanol–water partition coefficient (Wildman–Crippen LogP) is 13.9. The number of aliphatic hydroxyl groups excluding tert-OH is 1. The summed E-state index contributed by atoms with van der Waals surface area (Å²) in [5.41, 5.74) is 2.38. The Bertz CT molecular complexity index is 1090. The van der Waals surface area contributed by atoms with E-state index < -0.39 is 12.6 Å². The summed E-state index contributed by atoms with van der Waals surface area (Å²) in [6.45, 7) is 13.0. The van der Waals surface area contributed by atoms with Gasteiger partial charge in [0.1, 0.15) is 0 Å². The molecule has 2 nitrogen and oxygen atoms in total. The minimum Gasteiger partial charge on any atom is -0.393 e. The third-order valence-corrected chi connectivity index (χ3v) is 15.1. The second kappa shape index (κ2) is 19.3. The summed E-state index contributed by atoms with van der Waals surface area (Å²) in [5, 5.41) is 11.2. The average molecular weight is 817 g/mol. The van der Waals surface area contributed by atoms with Gasteiger partial charge in [-0.1, -0.05) is 94.2 Å². The van der Waals surface area contributed by atoms with Gasteiger partial charge in [0.15, 0.2) is 5.78 Å². The van der Waals surface area contributed by atoms with Crippen LogP contribution in [0.25, 0.3) is 0 Å². The van der Waals surface area contributed by atoms with Gasteiger partial charge >= 0.3 is 6.18 Å². The Morgan fingerprint density at radius 2 is 1.58 bits per heavy atom. The van der Waals surface area contributed by atoms with Gasteiger partial charge in [-0.2, -0.15) is 13.2 Å². The quantitative estimate of drug-likeness (QED) is 0.0575. The highest BCUT2D eigenvalue weighted by molar-refractivity contribution is 14.1. The molecule has 0 heterocycles.